The third-order valence-electron chi connectivity index (χ3n) is 4.17. The molecule has 0 aliphatic rings. The van der Waals surface area contributed by atoms with Gasteiger partial charge in [0.05, 0.1) is 22.0 Å². The normalized spacial score (nSPS) is 13.8. The van der Waals surface area contributed by atoms with Crippen molar-refractivity contribution in [3.05, 3.63) is 16.4 Å². The molecule has 1 unspecified atom stereocenters. The molecule has 1 rings (SSSR count). The lowest BCUT2D eigenvalue weighted by Gasteiger charge is -2.37. The van der Waals surface area contributed by atoms with E-state index in [0.717, 1.165) is 35.8 Å². The number of ether oxygens (including phenoxy) is 1. The lowest BCUT2D eigenvalue weighted by Crippen LogP contribution is -2.51. The Hall–Kier alpha value is -0.580. The van der Waals surface area contributed by atoms with Gasteiger partial charge in [-0.1, -0.05) is 25.4 Å². The topological polar surface area (TPSA) is 53.1 Å². The molecule has 1 aromatic rings. The molecule has 0 saturated heterocycles. The molecule has 0 radical (unpaired) electrons. The number of hydrogen-bond acceptors (Lipinski definition) is 3. The van der Waals surface area contributed by atoms with E-state index in [-0.39, 0.29) is 11.6 Å². The van der Waals surface area contributed by atoms with Crippen LogP contribution < -0.4 is 5.73 Å². The Morgan fingerprint density at radius 2 is 1.90 bits per heavy atom. The number of hydrogen-bond donors (Lipinski definition) is 1. The van der Waals surface area contributed by atoms with Crippen LogP contribution in [0.5, 0.6) is 0 Å². The van der Waals surface area contributed by atoms with E-state index < -0.39 is 0 Å². The molecule has 4 nitrogen and oxygen atoms in total. The summed E-state index contributed by atoms with van der Waals surface area (Å²) in [6.07, 6.45) is 2.49. The van der Waals surface area contributed by atoms with E-state index in [1.807, 2.05) is 18.5 Å². The Morgan fingerprint density at radius 1 is 1.30 bits per heavy atom. The minimum Gasteiger partial charge on any atom is -0.374 e. The van der Waals surface area contributed by atoms with Crippen molar-refractivity contribution in [3.8, 4) is 0 Å². The van der Waals surface area contributed by atoms with Gasteiger partial charge in [0.25, 0.3) is 0 Å². The van der Waals surface area contributed by atoms with E-state index in [1.165, 1.54) is 0 Å². The number of rotatable bonds is 8. The summed E-state index contributed by atoms with van der Waals surface area (Å²) in [5, 5.41) is 5.19. The van der Waals surface area contributed by atoms with Gasteiger partial charge in [-0.3, -0.25) is 4.68 Å². The minimum absolute atomic E-state index is 0.0867. The van der Waals surface area contributed by atoms with E-state index in [9.17, 15) is 0 Å². The van der Waals surface area contributed by atoms with Crippen molar-refractivity contribution in [1.82, 2.24) is 9.78 Å². The molecule has 116 valence electrons. The first kappa shape index (κ1) is 17.5. The number of aromatic nitrogens is 2. The van der Waals surface area contributed by atoms with E-state index in [4.69, 9.17) is 22.1 Å². The first-order valence-electron chi connectivity index (χ1n) is 7.56. The summed E-state index contributed by atoms with van der Waals surface area (Å²) in [5.74, 6) is 0. The second kappa shape index (κ2) is 7.43. The van der Waals surface area contributed by atoms with Crippen LogP contribution in [0.3, 0.4) is 0 Å². The quantitative estimate of drug-likeness (QED) is 0.801. The Labute approximate surface area is 127 Å². The number of nitrogens with zero attached hydrogens (tertiary/aromatic N) is 2. The summed E-state index contributed by atoms with van der Waals surface area (Å²) >= 11 is 6.37. The zero-order valence-corrected chi connectivity index (χ0v) is 14.1. The van der Waals surface area contributed by atoms with Crippen LogP contribution in [-0.2, 0) is 17.7 Å². The molecule has 0 bridgehead atoms. The third kappa shape index (κ3) is 3.35. The van der Waals surface area contributed by atoms with Gasteiger partial charge >= 0.3 is 0 Å². The predicted octanol–water partition coefficient (Wildman–Crippen LogP) is 3.33. The van der Waals surface area contributed by atoms with Gasteiger partial charge in [-0.15, -0.1) is 0 Å². The Balaban J connectivity index is 3.01. The van der Waals surface area contributed by atoms with Crippen molar-refractivity contribution in [2.24, 2.45) is 5.73 Å². The third-order valence-corrected chi connectivity index (χ3v) is 4.66. The van der Waals surface area contributed by atoms with Gasteiger partial charge in [-0.2, -0.15) is 5.10 Å². The molecule has 1 heterocycles. The molecule has 0 aromatic carbocycles. The lowest BCUT2D eigenvalue weighted by atomic mass is 9.86. The van der Waals surface area contributed by atoms with Gasteiger partial charge in [0.15, 0.2) is 0 Å². The molecule has 0 amide bonds. The Bertz CT molecular complexity index is 427. The van der Waals surface area contributed by atoms with Crippen LogP contribution in [0.1, 0.15) is 51.9 Å². The first-order chi connectivity index (χ1) is 9.45. The summed E-state index contributed by atoms with van der Waals surface area (Å²) in [6.45, 7) is 11.7. The zero-order chi connectivity index (χ0) is 15.3. The Morgan fingerprint density at radius 3 is 2.35 bits per heavy atom. The maximum Gasteiger partial charge on any atom is 0.0847 e. The van der Waals surface area contributed by atoms with Crippen molar-refractivity contribution in [1.29, 1.82) is 0 Å². The molecular weight excluding hydrogens is 274 g/mol. The van der Waals surface area contributed by atoms with E-state index in [0.29, 0.717) is 13.0 Å². The monoisotopic (exact) mass is 301 g/mol. The fraction of sp³-hybridized carbons (Fsp3) is 0.800. The second-order valence-electron chi connectivity index (χ2n) is 5.18. The number of halogens is 1. The maximum atomic E-state index is 6.47. The fourth-order valence-electron chi connectivity index (χ4n) is 2.83. The number of aryl methyl sites for hydroxylation is 2. The van der Waals surface area contributed by atoms with Gasteiger partial charge in [0, 0.05) is 25.6 Å². The van der Waals surface area contributed by atoms with Crippen LogP contribution in [0.2, 0.25) is 5.02 Å². The molecule has 0 spiro atoms. The molecule has 2 N–H and O–H groups in total. The molecule has 0 fully saturated rings. The standard InChI is InChI=1S/C15H28ClN3O/c1-6-15(7-2,20-9-4)13(17)10-12-14(16)11(5)18-19(12)8-3/h13H,6-10,17H2,1-5H3. The van der Waals surface area contributed by atoms with Gasteiger partial charge in [0.1, 0.15) is 0 Å². The highest BCUT2D eigenvalue weighted by Crippen LogP contribution is 2.29. The molecule has 1 aromatic heterocycles. The van der Waals surface area contributed by atoms with Gasteiger partial charge < -0.3 is 10.5 Å². The second-order valence-corrected chi connectivity index (χ2v) is 5.56. The first-order valence-corrected chi connectivity index (χ1v) is 7.94. The molecule has 20 heavy (non-hydrogen) atoms. The molecule has 5 heteroatoms. The zero-order valence-electron chi connectivity index (χ0n) is 13.4. The van der Waals surface area contributed by atoms with Crippen molar-refractivity contribution >= 4 is 11.6 Å². The largest absolute Gasteiger partial charge is 0.374 e. The summed E-state index contributed by atoms with van der Waals surface area (Å²) < 4.78 is 7.93. The van der Waals surface area contributed by atoms with Crippen LogP contribution in [0, 0.1) is 6.92 Å². The van der Waals surface area contributed by atoms with Crippen LogP contribution in [0.15, 0.2) is 0 Å². The van der Waals surface area contributed by atoms with E-state index in [1.54, 1.807) is 0 Å². The average Bonchev–Trinajstić information content (AvgIpc) is 2.72. The smallest absolute Gasteiger partial charge is 0.0847 e. The van der Waals surface area contributed by atoms with Crippen molar-refractivity contribution < 1.29 is 4.74 Å². The van der Waals surface area contributed by atoms with Crippen molar-refractivity contribution in [3.63, 3.8) is 0 Å². The van der Waals surface area contributed by atoms with Gasteiger partial charge in [-0.05, 0) is 33.6 Å². The van der Waals surface area contributed by atoms with Crippen LogP contribution >= 0.6 is 11.6 Å². The highest BCUT2D eigenvalue weighted by Gasteiger charge is 2.35. The molecule has 0 aliphatic heterocycles. The Kier molecular flexibility index (Phi) is 6.49. The summed E-state index contributed by atoms with van der Waals surface area (Å²) in [7, 11) is 0. The lowest BCUT2D eigenvalue weighted by molar-refractivity contribution is -0.0636. The van der Waals surface area contributed by atoms with Crippen molar-refractivity contribution in [2.45, 2.75) is 72.1 Å². The van der Waals surface area contributed by atoms with Crippen molar-refractivity contribution in [2.75, 3.05) is 6.61 Å². The van der Waals surface area contributed by atoms with Gasteiger partial charge in [-0.25, -0.2) is 0 Å². The van der Waals surface area contributed by atoms with Crippen LogP contribution in [-0.4, -0.2) is 28.0 Å². The molecule has 0 saturated carbocycles. The molecular formula is C15H28ClN3O. The average molecular weight is 302 g/mol. The minimum atomic E-state index is -0.283. The fourth-order valence-corrected chi connectivity index (χ4v) is 3.04. The summed E-state index contributed by atoms with van der Waals surface area (Å²) in [4.78, 5) is 0. The highest BCUT2D eigenvalue weighted by atomic mass is 35.5. The SMILES string of the molecule is CCOC(CC)(CC)C(N)Cc1c(Cl)c(C)nn1CC. The van der Waals surface area contributed by atoms with Crippen LogP contribution in [0.25, 0.3) is 0 Å². The predicted molar refractivity (Wildman–Crippen MR) is 84.3 cm³/mol. The maximum absolute atomic E-state index is 6.47. The molecule has 0 aliphatic carbocycles. The van der Waals surface area contributed by atoms with E-state index >= 15 is 0 Å². The number of nitrogens with two attached hydrogens (primary N) is 1. The molecule has 1 atom stereocenters. The highest BCUT2D eigenvalue weighted by molar-refractivity contribution is 6.31. The van der Waals surface area contributed by atoms with Crippen LogP contribution in [0.4, 0.5) is 0 Å². The summed E-state index contributed by atoms with van der Waals surface area (Å²) in [6, 6.07) is -0.0867. The van der Waals surface area contributed by atoms with E-state index in [2.05, 4.69) is 25.9 Å². The summed E-state index contributed by atoms with van der Waals surface area (Å²) in [5.41, 5.74) is 8.07. The van der Waals surface area contributed by atoms with Gasteiger partial charge in [0.2, 0.25) is 0 Å².